The number of nitrogens with zero attached hydrogens (tertiary/aromatic N) is 1. The summed E-state index contributed by atoms with van der Waals surface area (Å²) in [4.78, 5) is 2.42. The topological polar surface area (TPSA) is 24.5 Å². The lowest BCUT2D eigenvalue weighted by Gasteiger charge is -2.29. The Bertz CT molecular complexity index is 145. The molecule has 0 bridgehead atoms. The second kappa shape index (κ2) is 8.08. The summed E-state index contributed by atoms with van der Waals surface area (Å²) in [5.41, 5.74) is 0. The molecule has 0 aliphatic carbocycles. The van der Waals surface area contributed by atoms with E-state index in [9.17, 15) is 0 Å². The molecule has 0 spiro atoms. The monoisotopic (exact) mass is 214 g/mol. The molecule has 0 radical (unpaired) electrons. The quantitative estimate of drug-likeness (QED) is 0.647. The van der Waals surface area contributed by atoms with Crippen molar-refractivity contribution in [3.05, 3.63) is 0 Å². The van der Waals surface area contributed by atoms with E-state index in [4.69, 9.17) is 4.74 Å². The minimum atomic E-state index is 0.842. The average Bonchev–Trinajstić information content (AvgIpc) is 2.26. The van der Waals surface area contributed by atoms with E-state index < -0.39 is 0 Å². The molecule has 90 valence electrons. The van der Waals surface area contributed by atoms with E-state index >= 15 is 0 Å². The van der Waals surface area contributed by atoms with Gasteiger partial charge in [-0.1, -0.05) is 0 Å². The summed E-state index contributed by atoms with van der Waals surface area (Å²) in [7, 11) is 2.21. The highest BCUT2D eigenvalue weighted by Crippen LogP contribution is 2.14. The Morgan fingerprint density at radius 3 is 2.73 bits per heavy atom. The summed E-state index contributed by atoms with van der Waals surface area (Å²) in [6, 6.07) is 0. The molecule has 0 unspecified atom stereocenters. The van der Waals surface area contributed by atoms with Crippen LogP contribution in [0, 0.1) is 5.92 Å². The van der Waals surface area contributed by atoms with E-state index in [1.54, 1.807) is 0 Å². The summed E-state index contributed by atoms with van der Waals surface area (Å²) < 4.78 is 5.29. The van der Waals surface area contributed by atoms with Crippen LogP contribution in [-0.2, 0) is 4.74 Å². The molecule has 0 amide bonds. The van der Waals surface area contributed by atoms with Crippen LogP contribution >= 0.6 is 0 Å². The summed E-state index contributed by atoms with van der Waals surface area (Å²) in [6.45, 7) is 8.63. The van der Waals surface area contributed by atoms with Gasteiger partial charge in [0.15, 0.2) is 0 Å². The van der Waals surface area contributed by atoms with Crippen molar-refractivity contribution in [2.75, 3.05) is 46.4 Å². The normalized spacial score (nSPS) is 19.6. The maximum Gasteiger partial charge on any atom is 0.0477 e. The fourth-order valence-corrected chi connectivity index (χ4v) is 2.02. The lowest BCUT2D eigenvalue weighted by atomic mass is 9.97. The standard InChI is InChI=1S/C12H26N2O/c1-3-15-10-4-7-13-11-12-5-8-14(2)9-6-12/h12-13H,3-11H2,1-2H3. The van der Waals surface area contributed by atoms with Crippen molar-refractivity contribution in [3.63, 3.8) is 0 Å². The molecule has 0 aromatic heterocycles. The van der Waals surface area contributed by atoms with Gasteiger partial charge in [-0.2, -0.15) is 0 Å². The highest BCUT2D eigenvalue weighted by atomic mass is 16.5. The Morgan fingerprint density at radius 2 is 2.07 bits per heavy atom. The number of hydrogen-bond donors (Lipinski definition) is 1. The van der Waals surface area contributed by atoms with E-state index in [-0.39, 0.29) is 0 Å². The fourth-order valence-electron chi connectivity index (χ4n) is 2.02. The first-order valence-electron chi connectivity index (χ1n) is 6.30. The van der Waals surface area contributed by atoms with Gasteiger partial charge in [0, 0.05) is 13.2 Å². The maximum absolute atomic E-state index is 5.29. The number of hydrogen-bond acceptors (Lipinski definition) is 3. The zero-order valence-corrected chi connectivity index (χ0v) is 10.3. The van der Waals surface area contributed by atoms with Crippen LogP contribution in [0.25, 0.3) is 0 Å². The molecule has 1 N–H and O–H groups in total. The van der Waals surface area contributed by atoms with Crippen LogP contribution in [-0.4, -0.2) is 51.3 Å². The molecule has 1 aliphatic heterocycles. The third-order valence-electron chi connectivity index (χ3n) is 3.12. The third kappa shape index (κ3) is 6.13. The molecule has 1 fully saturated rings. The van der Waals surface area contributed by atoms with Crippen LogP contribution in [0.5, 0.6) is 0 Å². The lowest BCUT2D eigenvalue weighted by molar-refractivity contribution is 0.144. The number of likely N-dealkylation sites (tertiary alicyclic amines) is 1. The zero-order chi connectivity index (χ0) is 10.9. The van der Waals surface area contributed by atoms with Gasteiger partial charge >= 0.3 is 0 Å². The van der Waals surface area contributed by atoms with Gasteiger partial charge in [-0.25, -0.2) is 0 Å². The Hall–Kier alpha value is -0.120. The van der Waals surface area contributed by atoms with Crippen molar-refractivity contribution in [3.8, 4) is 0 Å². The van der Waals surface area contributed by atoms with Gasteiger partial charge in [0.1, 0.15) is 0 Å². The van der Waals surface area contributed by atoms with E-state index in [1.165, 1.54) is 32.5 Å². The van der Waals surface area contributed by atoms with E-state index in [1.807, 2.05) is 6.92 Å². The van der Waals surface area contributed by atoms with Crippen LogP contribution < -0.4 is 5.32 Å². The zero-order valence-electron chi connectivity index (χ0n) is 10.3. The van der Waals surface area contributed by atoms with Crippen LogP contribution in [0.3, 0.4) is 0 Å². The largest absolute Gasteiger partial charge is 0.382 e. The van der Waals surface area contributed by atoms with E-state index in [0.29, 0.717) is 0 Å². The second-order valence-electron chi connectivity index (χ2n) is 4.50. The van der Waals surface area contributed by atoms with Crippen LogP contribution in [0.2, 0.25) is 0 Å². The molecule has 1 saturated heterocycles. The van der Waals surface area contributed by atoms with Gasteiger partial charge in [-0.05, 0) is 65.3 Å². The predicted molar refractivity (Wildman–Crippen MR) is 64.2 cm³/mol. The smallest absolute Gasteiger partial charge is 0.0477 e. The number of nitrogens with one attached hydrogen (secondary N) is 1. The lowest BCUT2D eigenvalue weighted by Crippen LogP contribution is -2.35. The molecule has 0 atom stereocenters. The minimum Gasteiger partial charge on any atom is -0.382 e. The van der Waals surface area contributed by atoms with Crippen molar-refractivity contribution in [2.45, 2.75) is 26.2 Å². The SMILES string of the molecule is CCOCCCNCC1CCN(C)CC1. The minimum absolute atomic E-state index is 0.842. The molecular formula is C12H26N2O. The van der Waals surface area contributed by atoms with Gasteiger partial charge in [0.25, 0.3) is 0 Å². The molecule has 0 aromatic carbocycles. The molecule has 15 heavy (non-hydrogen) atoms. The summed E-state index contributed by atoms with van der Waals surface area (Å²) >= 11 is 0. The van der Waals surface area contributed by atoms with Crippen molar-refractivity contribution in [2.24, 2.45) is 5.92 Å². The summed E-state index contributed by atoms with van der Waals surface area (Å²) in [6.07, 6.45) is 3.85. The first-order valence-corrected chi connectivity index (χ1v) is 6.30. The summed E-state index contributed by atoms with van der Waals surface area (Å²) in [5.74, 6) is 0.897. The number of ether oxygens (including phenoxy) is 1. The second-order valence-corrected chi connectivity index (χ2v) is 4.50. The number of rotatable bonds is 7. The molecule has 1 rings (SSSR count). The van der Waals surface area contributed by atoms with Crippen molar-refractivity contribution >= 4 is 0 Å². The molecule has 0 aromatic rings. The molecule has 1 aliphatic rings. The molecule has 3 nitrogen and oxygen atoms in total. The first kappa shape index (κ1) is 12.9. The van der Waals surface area contributed by atoms with Crippen LogP contribution in [0.15, 0.2) is 0 Å². The Labute approximate surface area is 94.2 Å². The first-order chi connectivity index (χ1) is 7.33. The van der Waals surface area contributed by atoms with Gasteiger partial charge in [-0.3, -0.25) is 0 Å². The average molecular weight is 214 g/mol. The predicted octanol–water partition coefficient (Wildman–Crippen LogP) is 1.34. The Kier molecular flexibility index (Phi) is 6.98. The fraction of sp³-hybridized carbons (Fsp3) is 1.00. The molecule has 0 saturated carbocycles. The van der Waals surface area contributed by atoms with E-state index in [2.05, 4.69) is 17.3 Å². The molecular weight excluding hydrogens is 188 g/mol. The maximum atomic E-state index is 5.29. The van der Waals surface area contributed by atoms with Crippen molar-refractivity contribution < 1.29 is 4.74 Å². The Balaban J connectivity index is 1.87. The van der Waals surface area contributed by atoms with Crippen LogP contribution in [0.4, 0.5) is 0 Å². The highest BCUT2D eigenvalue weighted by Gasteiger charge is 2.15. The summed E-state index contributed by atoms with van der Waals surface area (Å²) in [5, 5.41) is 3.53. The van der Waals surface area contributed by atoms with Gasteiger partial charge < -0.3 is 15.0 Å². The number of piperidine rings is 1. The van der Waals surface area contributed by atoms with Gasteiger partial charge in [-0.15, -0.1) is 0 Å². The van der Waals surface area contributed by atoms with E-state index in [0.717, 1.165) is 32.1 Å². The Morgan fingerprint density at radius 1 is 1.33 bits per heavy atom. The van der Waals surface area contributed by atoms with Crippen LogP contribution in [0.1, 0.15) is 26.2 Å². The van der Waals surface area contributed by atoms with Crippen molar-refractivity contribution in [1.29, 1.82) is 0 Å². The third-order valence-corrected chi connectivity index (χ3v) is 3.12. The van der Waals surface area contributed by atoms with Gasteiger partial charge in [0.05, 0.1) is 0 Å². The molecule has 1 heterocycles. The van der Waals surface area contributed by atoms with Gasteiger partial charge in [0.2, 0.25) is 0 Å². The van der Waals surface area contributed by atoms with Crippen molar-refractivity contribution in [1.82, 2.24) is 10.2 Å². The highest BCUT2D eigenvalue weighted by molar-refractivity contribution is 4.71. The molecule has 3 heteroatoms.